The van der Waals surface area contributed by atoms with E-state index in [9.17, 15) is 4.79 Å². The first-order valence-corrected chi connectivity index (χ1v) is 7.68. The van der Waals surface area contributed by atoms with Crippen molar-refractivity contribution in [1.82, 2.24) is 15.1 Å². The molecule has 3 heterocycles. The molecule has 2 aromatic rings. The molecule has 2 atom stereocenters. The number of carbonyl (C=O) groups excluding carboxylic acids is 1. The third kappa shape index (κ3) is 2.92. The van der Waals surface area contributed by atoms with Gasteiger partial charge in [0.25, 0.3) is 5.91 Å². The molecule has 6 heteroatoms. The van der Waals surface area contributed by atoms with E-state index >= 15 is 0 Å². The minimum Gasteiger partial charge on any atom is -0.469 e. The van der Waals surface area contributed by atoms with E-state index in [0.717, 1.165) is 24.9 Å². The summed E-state index contributed by atoms with van der Waals surface area (Å²) in [5.41, 5.74) is 1.59. The van der Waals surface area contributed by atoms with E-state index in [1.807, 2.05) is 24.0 Å². The number of ether oxygens (including phenoxy) is 1. The van der Waals surface area contributed by atoms with Crippen LogP contribution in [0.3, 0.4) is 0 Å². The Morgan fingerprint density at radius 1 is 1.55 bits per heavy atom. The third-order valence-corrected chi connectivity index (χ3v) is 4.05. The molecule has 1 fully saturated rings. The molecule has 0 unspecified atom stereocenters. The molecule has 0 aromatic carbocycles. The Labute approximate surface area is 129 Å². The number of hydrogen-bond acceptors (Lipinski definition) is 4. The maximum absolute atomic E-state index is 12.4. The Hall–Kier alpha value is -2.08. The van der Waals surface area contributed by atoms with E-state index in [0.29, 0.717) is 17.9 Å². The second-order valence-corrected chi connectivity index (χ2v) is 5.53. The van der Waals surface area contributed by atoms with Gasteiger partial charge in [-0.1, -0.05) is 0 Å². The number of carbonyl (C=O) groups is 1. The van der Waals surface area contributed by atoms with E-state index in [-0.39, 0.29) is 18.1 Å². The molecule has 1 aliphatic heterocycles. The Morgan fingerprint density at radius 3 is 3.09 bits per heavy atom. The predicted octanol–water partition coefficient (Wildman–Crippen LogP) is 2.45. The van der Waals surface area contributed by atoms with Gasteiger partial charge in [-0.2, -0.15) is 5.10 Å². The van der Waals surface area contributed by atoms with Gasteiger partial charge in [-0.15, -0.1) is 0 Å². The highest BCUT2D eigenvalue weighted by atomic mass is 16.5. The molecule has 22 heavy (non-hydrogen) atoms. The van der Waals surface area contributed by atoms with Crippen molar-refractivity contribution in [2.24, 2.45) is 0 Å². The van der Waals surface area contributed by atoms with Gasteiger partial charge in [-0.3, -0.25) is 9.48 Å². The minimum absolute atomic E-state index is 0.0509. The lowest BCUT2D eigenvalue weighted by atomic mass is 9.97. The SMILES string of the molecule is CCn1cc([C@H]2OCCC[C@@H]2NC(=O)c2ccoc2C)cn1. The fourth-order valence-corrected chi connectivity index (χ4v) is 2.82. The minimum atomic E-state index is -0.148. The summed E-state index contributed by atoms with van der Waals surface area (Å²) >= 11 is 0. The highest BCUT2D eigenvalue weighted by molar-refractivity contribution is 5.95. The van der Waals surface area contributed by atoms with E-state index in [1.54, 1.807) is 13.0 Å². The van der Waals surface area contributed by atoms with Gasteiger partial charge in [-0.05, 0) is 32.8 Å². The van der Waals surface area contributed by atoms with Gasteiger partial charge in [0.15, 0.2) is 0 Å². The molecular formula is C16H21N3O3. The molecule has 1 amide bonds. The number of nitrogens with one attached hydrogen (secondary N) is 1. The largest absolute Gasteiger partial charge is 0.469 e. The molecule has 6 nitrogen and oxygen atoms in total. The molecule has 1 aliphatic rings. The van der Waals surface area contributed by atoms with Crippen LogP contribution in [-0.4, -0.2) is 28.3 Å². The maximum atomic E-state index is 12.4. The molecule has 118 valence electrons. The Morgan fingerprint density at radius 2 is 2.41 bits per heavy atom. The predicted molar refractivity (Wildman–Crippen MR) is 80.5 cm³/mol. The fraction of sp³-hybridized carbons (Fsp3) is 0.500. The van der Waals surface area contributed by atoms with Crippen LogP contribution in [0.2, 0.25) is 0 Å². The molecule has 0 aliphatic carbocycles. The Kier molecular flexibility index (Phi) is 4.29. The van der Waals surface area contributed by atoms with E-state index < -0.39 is 0 Å². The van der Waals surface area contributed by atoms with Gasteiger partial charge < -0.3 is 14.5 Å². The Balaban J connectivity index is 1.75. The topological polar surface area (TPSA) is 69.3 Å². The summed E-state index contributed by atoms with van der Waals surface area (Å²) in [6, 6.07) is 1.64. The van der Waals surface area contributed by atoms with Crippen LogP contribution in [0.25, 0.3) is 0 Å². The van der Waals surface area contributed by atoms with Crippen LogP contribution in [0, 0.1) is 6.92 Å². The Bertz CT molecular complexity index is 647. The van der Waals surface area contributed by atoms with Crippen molar-refractivity contribution in [2.45, 2.75) is 45.4 Å². The number of hydrogen-bond donors (Lipinski definition) is 1. The van der Waals surface area contributed by atoms with Crippen molar-refractivity contribution in [2.75, 3.05) is 6.61 Å². The number of aryl methyl sites for hydroxylation is 2. The third-order valence-electron chi connectivity index (χ3n) is 4.05. The summed E-state index contributed by atoms with van der Waals surface area (Å²) in [6.45, 7) is 5.35. The zero-order chi connectivity index (χ0) is 15.5. The van der Waals surface area contributed by atoms with Crippen molar-refractivity contribution in [3.63, 3.8) is 0 Å². The van der Waals surface area contributed by atoms with E-state index in [2.05, 4.69) is 10.4 Å². The highest BCUT2D eigenvalue weighted by Gasteiger charge is 2.30. The highest BCUT2D eigenvalue weighted by Crippen LogP contribution is 2.28. The zero-order valence-corrected chi connectivity index (χ0v) is 12.9. The van der Waals surface area contributed by atoms with E-state index in [4.69, 9.17) is 9.15 Å². The van der Waals surface area contributed by atoms with Crippen LogP contribution >= 0.6 is 0 Å². The fourth-order valence-electron chi connectivity index (χ4n) is 2.82. The second-order valence-electron chi connectivity index (χ2n) is 5.53. The van der Waals surface area contributed by atoms with E-state index in [1.165, 1.54) is 6.26 Å². The average Bonchev–Trinajstić information content (AvgIpc) is 3.16. The smallest absolute Gasteiger partial charge is 0.255 e. The zero-order valence-electron chi connectivity index (χ0n) is 12.9. The van der Waals surface area contributed by atoms with Gasteiger partial charge in [0.2, 0.25) is 0 Å². The van der Waals surface area contributed by atoms with Crippen molar-refractivity contribution in [3.05, 3.63) is 41.6 Å². The molecule has 1 saturated heterocycles. The van der Waals surface area contributed by atoms with Crippen LogP contribution in [-0.2, 0) is 11.3 Å². The van der Waals surface area contributed by atoms with Crippen molar-refractivity contribution >= 4 is 5.91 Å². The van der Waals surface area contributed by atoms with Crippen molar-refractivity contribution < 1.29 is 13.9 Å². The number of nitrogens with zero attached hydrogens (tertiary/aromatic N) is 2. The quantitative estimate of drug-likeness (QED) is 0.942. The van der Waals surface area contributed by atoms with Crippen LogP contribution in [0.1, 0.15) is 47.6 Å². The molecule has 0 saturated carbocycles. The molecule has 0 bridgehead atoms. The molecule has 2 aromatic heterocycles. The molecule has 3 rings (SSSR count). The van der Waals surface area contributed by atoms with Crippen molar-refractivity contribution in [1.29, 1.82) is 0 Å². The summed E-state index contributed by atoms with van der Waals surface area (Å²) in [5.74, 6) is 0.513. The van der Waals surface area contributed by atoms with Gasteiger partial charge in [-0.25, -0.2) is 0 Å². The van der Waals surface area contributed by atoms with Gasteiger partial charge in [0.1, 0.15) is 11.9 Å². The maximum Gasteiger partial charge on any atom is 0.255 e. The number of furan rings is 1. The first-order valence-electron chi connectivity index (χ1n) is 7.68. The summed E-state index contributed by atoms with van der Waals surface area (Å²) < 4.78 is 13.0. The first-order chi connectivity index (χ1) is 10.7. The van der Waals surface area contributed by atoms with Gasteiger partial charge in [0.05, 0.1) is 24.1 Å². The molecule has 0 spiro atoms. The molecule has 1 N–H and O–H groups in total. The first kappa shape index (κ1) is 14.8. The van der Waals surface area contributed by atoms with Gasteiger partial charge >= 0.3 is 0 Å². The molecule has 0 radical (unpaired) electrons. The van der Waals surface area contributed by atoms with Crippen LogP contribution in [0.15, 0.2) is 29.1 Å². The summed E-state index contributed by atoms with van der Waals surface area (Å²) in [6.07, 6.45) is 7.02. The average molecular weight is 303 g/mol. The lowest BCUT2D eigenvalue weighted by Crippen LogP contribution is -2.42. The standard InChI is InChI=1S/C16H21N3O3/c1-3-19-10-12(9-17-19)15-14(5-4-7-22-15)18-16(20)13-6-8-21-11(13)2/h6,8-10,14-15H,3-5,7H2,1-2H3,(H,18,20)/t14-,15+/m0/s1. The second kappa shape index (κ2) is 6.36. The number of amides is 1. The normalized spacial score (nSPS) is 21.7. The lowest BCUT2D eigenvalue weighted by molar-refractivity contribution is -0.00952. The van der Waals surface area contributed by atoms with Crippen molar-refractivity contribution in [3.8, 4) is 0 Å². The molecular weight excluding hydrogens is 282 g/mol. The van der Waals surface area contributed by atoms with Crippen LogP contribution < -0.4 is 5.32 Å². The monoisotopic (exact) mass is 303 g/mol. The lowest BCUT2D eigenvalue weighted by Gasteiger charge is -2.31. The summed E-state index contributed by atoms with van der Waals surface area (Å²) in [7, 11) is 0. The van der Waals surface area contributed by atoms with Crippen LogP contribution in [0.5, 0.6) is 0 Å². The summed E-state index contributed by atoms with van der Waals surface area (Å²) in [5, 5.41) is 7.37. The van der Waals surface area contributed by atoms with Crippen LogP contribution in [0.4, 0.5) is 0 Å². The summed E-state index contributed by atoms with van der Waals surface area (Å²) in [4.78, 5) is 12.4. The number of rotatable bonds is 4. The van der Waals surface area contributed by atoms with Gasteiger partial charge in [0, 0.05) is 24.9 Å². The number of aromatic nitrogens is 2.